The normalized spacial score (nSPS) is 16.5. The van der Waals surface area contributed by atoms with Crippen molar-refractivity contribution < 1.29 is 4.79 Å². The van der Waals surface area contributed by atoms with Gasteiger partial charge < -0.3 is 5.32 Å². The molecule has 1 amide bonds. The molecule has 3 rings (SSSR count). The van der Waals surface area contributed by atoms with Crippen molar-refractivity contribution in [2.75, 3.05) is 0 Å². The van der Waals surface area contributed by atoms with Gasteiger partial charge >= 0.3 is 0 Å². The molecule has 28 heavy (non-hydrogen) atoms. The number of nitrogens with zero attached hydrogens (tertiary/aromatic N) is 2. The van der Waals surface area contributed by atoms with Crippen molar-refractivity contribution in [3.05, 3.63) is 46.2 Å². The fourth-order valence-corrected chi connectivity index (χ4v) is 4.61. The molecule has 0 saturated heterocycles. The lowest BCUT2D eigenvalue weighted by molar-refractivity contribution is -0.121. The zero-order chi connectivity index (χ0) is 20.1. The van der Waals surface area contributed by atoms with Crippen molar-refractivity contribution in [2.24, 2.45) is 0 Å². The highest BCUT2D eigenvalue weighted by Crippen LogP contribution is 2.25. The SMILES string of the molecule is C=CCn1c(S[C@H](C)C(=O)NC2CCCCCC2)nc2ccc(Cl)cc2c1=O. The maximum atomic E-state index is 12.9. The van der Waals surface area contributed by atoms with Crippen molar-refractivity contribution in [3.63, 3.8) is 0 Å². The number of rotatable bonds is 6. The van der Waals surface area contributed by atoms with E-state index in [4.69, 9.17) is 11.6 Å². The van der Waals surface area contributed by atoms with Gasteiger partial charge in [-0.25, -0.2) is 4.98 Å². The summed E-state index contributed by atoms with van der Waals surface area (Å²) in [4.78, 5) is 30.2. The minimum absolute atomic E-state index is 0.00694. The largest absolute Gasteiger partial charge is 0.352 e. The molecule has 1 atom stereocenters. The number of thioether (sulfide) groups is 1. The molecule has 1 saturated carbocycles. The number of nitrogens with one attached hydrogen (secondary N) is 1. The number of carbonyl (C=O) groups is 1. The van der Waals surface area contributed by atoms with E-state index in [2.05, 4.69) is 16.9 Å². The molecule has 1 aromatic heterocycles. The van der Waals surface area contributed by atoms with Crippen LogP contribution in [0.4, 0.5) is 0 Å². The van der Waals surface area contributed by atoms with Crippen LogP contribution in [0.15, 0.2) is 40.8 Å². The Hall–Kier alpha value is -1.79. The van der Waals surface area contributed by atoms with Gasteiger partial charge in [0.05, 0.1) is 16.2 Å². The average molecular weight is 420 g/mol. The van der Waals surface area contributed by atoms with Gasteiger partial charge in [-0.3, -0.25) is 14.2 Å². The van der Waals surface area contributed by atoms with Crippen molar-refractivity contribution >= 4 is 40.2 Å². The van der Waals surface area contributed by atoms with Crippen LogP contribution in [0.25, 0.3) is 10.9 Å². The molecule has 1 aliphatic carbocycles. The van der Waals surface area contributed by atoms with Gasteiger partial charge in [0, 0.05) is 17.6 Å². The topological polar surface area (TPSA) is 64.0 Å². The van der Waals surface area contributed by atoms with Crippen molar-refractivity contribution in [1.29, 1.82) is 0 Å². The number of benzene rings is 1. The smallest absolute Gasteiger partial charge is 0.262 e. The maximum absolute atomic E-state index is 12.9. The van der Waals surface area contributed by atoms with Gasteiger partial charge in [-0.05, 0) is 38.0 Å². The molecule has 1 aromatic carbocycles. The highest BCUT2D eigenvalue weighted by molar-refractivity contribution is 8.00. The summed E-state index contributed by atoms with van der Waals surface area (Å²) in [6, 6.07) is 5.32. The molecule has 0 unspecified atom stereocenters. The van der Waals surface area contributed by atoms with Gasteiger partial charge in [0.1, 0.15) is 0 Å². The number of halogens is 1. The van der Waals surface area contributed by atoms with Gasteiger partial charge in [-0.15, -0.1) is 6.58 Å². The zero-order valence-corrected chi connectivity index (χ0v) is 17.7. The Kier molecular flexibility index (Phi) is 7.18. The molecule has 2 aromatic rings. The van der Waals surface area contributed by atoms with Gasteiger partial charge in [0.15, 0.2) is 5.16 Å². The summed E-state index contributed by atoms with van der Waals surface area (Å²) in [6.45, 7) is 5.92. The molecule has 0 aliphatic heterocycles. The standard InChI is InChI=1S/C21H26ClN3O2S/c1-3-12-25-20(27)17-13-15(22)10-11-18(17)24-21(25)28-14(2)19(26)23-16-8-6-4-5-7-9-16/h3,10-11,13-14,16H,1,4-9,12H2,2H3,(H,23,26)/t14-/m1/s1. The van der Waals surface area contributed by atoms with Gasteiger partial charge in [0.2, 0.25) is 5.91 Å². The minimum Gasteiger partial charge on any atom is -0.352 e. The first-order valence-electron chi connectivity index (χ1n) is 9.77. The number of allylic oxidation sites excluding steroid dienone is 1. The van der Waals surface area contributed by atoms with Gasteiger partial charge in [0.25, 0.3) is 5.56 Å². The molecule has 1 N–H and O–H groups in total. The lowest BCUT2D eigenvalue weighted by atomic mass is 10.1. The van der Waals surface area contributed by atoms with Crippen molar-refractivity contribution in [1.82, 2.24) is 14.9 Å². The molecule has 7 heteroatoms. The van der Waals surface area contributed by atoms with Crippen LogP contribution in [0.3, 0.4) is 0 Å². The number of amides is 1. The van der Waals surface area contributed by atoms with Crippen LogP contribution in [0.5, 0.6) is 0 Å². The van der Waals surface area contributed by atoms with E-state index in [0.717, 1.165) is 12.8 Å². The third-order valence-corrected chi connectivity index (χ3v) is 6.37. The van der Waals surface area contributed by atoms with Crippen LogP contribution in [-0.4, -0.2) is 26.8 Å². The van der Waals surface area contributed by atoms with E-state index in [9.17, 15) is 9.59 Å². The van der Waals surface area contributed by atoms with Crippen LogP contribution in [0.1, 0.15) is 45.4 Å². The molecular weight excluding hydrogens is 394 g/mol. The molecule has 0 radical (unpaired) electrons. The van der Waals surface area contributed by atoms with Crippen LogP contribution >= 0.6 is 23.4 Å². The molecule has 150 valence electrons. The summed E-state index contributed by atoms with van der Waals surface area (Å²) < 4.78 is 1.55. The first-order chi connectivity index (χ1) is 13.5. The predicted octanol–water partition coefficient (Wildman–Crippen LogP) is 4.56. The molecule has 0 bridgehead atoms. The van der Waals surface area contributed by atoms with Crippen LogP contribution in [0.2, 0.25) is 5.02 Å². The third kappa shape index (κ3) is 4.97. The molecule has 1 heterocycles. The Bertz CT molecular complexity index is 920. The number of fused-ring (bicyclic) bond motifs is 1. The van der Waals surface area contributed by atoms with Crippen molar-refractivity contribution in [3.8, 4) is 0 Å². The fourth-order valence-electron chi connectivity index (χ4n) is 3.51. The number of hydrogen-bond donors (Lipinski definition) is 1. The number of aromatic nitrogens is 2. The second-order valence-electron chi connectivity index (χ2n) is 7.22. The number of hydrogen-bond acceptors (Lipinski definition) is 4. The minimum atomic E-state index is -0.351. The monoisotopic (exact) mass is 419 g/mol. The van der Waals surface area contributed by atoms with Gasteiger partial charge in [-0.2, -0.15) is 0 Å². The zero-order valence-electron chi connectivity index (χ0n) is 16.1. The Morgan fingerprint density at radius 2 is 2.11 bits per heavy atom. The maximum Gasteiger partial charge on any atom is 0.262 e. The first kappa shape index (κ1) is 20.9. The second kappa shape index (κ2) is 9.61. The summed E-state index contributed by atoms with van der Waals surface area (Å²) in [5.74, 6) is -0.00694. The quantitative estimate of drug-likeness (QED) is 0.322. The van der Waals surface area contributed by atoms with Crippen LogP contribution in [-0.2, 0) is 11.3 Å². The summed E-state index contributed by atoms with van der Waals surface area (Å²) in [5.41, 5.74) is 0.403. The van der Waals surface area contributed by atoms with E-state index >= 15 is 0 Å². The highest BCUT2D eigenvalue weighted by atomic mass is 35.5. The van der Waals surface area contributed by atoms with Crippen LogP contribution in [0, 0.1) is 0 Å². The second-order valence-corrected chi connectivity index (χ2v) is 8.96. The van der Waals surface area contributed by atoms with E-state index in [1.54, 1.807) is 28.8 Å². The molecule has 5 nitrogen and oxygen atoms in total. The van der Waals surface area contributed by atoms with Crippen molar-refractivity contribution in [2.45, 2.75) is 68.4 Å². The summed E-state index contributed by atoms with van der Waals surface area (Å²) in [6.07, 6.45) is 8.56. The Labute approximate surface area is 174 Å². The Morgan fingerprint density at radius 1 is 1.39 bits per heavy atom. The van der Waals surface area contributed by atoms with E-state index in [1.807, 2.05) is 6.92 Å². The van der Waals surface area contributed by atoms with E-state index < -0.39 is 0 Å². The lowest BCUT2D eigenvalue weighted by Crippen LogP contribution is -2.39. The Balaban J connectivity index is 1.82. The summed E-state index contributed by atoms with van der Waals surface area (Å²) in [7, 11) is 0. The van der Waals surface area contributed by atoms with Crippen LogP contribution < -0.4 is 10.9 Å². The third-order valence-electron chi connectivity index (χ3n) is 5.05. The van der Waals surface area contributed by atoms with E-state index in [1.165, 1.54) is 37.4 Å². The lowest BCUT2D eigenvalue weighted by Gasteiger charge is -2.20. The fraction of sp³-hybridized carbons (Fsp3) is 0.476. The van der Waals surface area contributed by atoms with E-state index in [-0.39, 0.29) is 22.8 Å². The Morgan fingerprint density at radius 3 is 2.79 bits per heavy atom. The van der Waals surface area contributed by atoms with E-state index in [0.29, 0.717) is 27.6 Å². The molecule has 1 fully saturated rings. The first-order valence-corrected chi connectivity index (χ1v) is 11.0. The summed E-state index contributed by atoms with van der Waals surface area (Å²) >= 11 is 7.34. The summed E-state index contributed by atoms with van der Waals surface area (Å²) in [5, 5.41) is 4.30. The average Bonchev–Trinajstić information content (AvgIpc) is 2.94. The molecular formula is C21H26ClN3O2S. The highest BCUT2D eigenvalue weighted by Gasteiger charge is 2.22. The predicted molar refractivity (Wildman–Crippen MR) is 116 cm³/mol. The number of carbonyl (C=O) groups excluding carboxylic acids is 1. The molecule has 1 aliphatic rings. The molecule has 0 spiro atoms. The van der Waals surface area contributed by atoms with Gasteiger partial charge in [-0.1, -0.05) is 55.1 Å².